The van der Waals surface area contributed by atoms with Gasteiger partial charge in [0.1, 0.15) is 0 Å². The van der Waals surface area contributed by atoms with Crippen LogP contribution >= 0.6 is 0 Å². The van der Waals surface area contributed by atoms with Crippen molar-refractivity contribution >= 4 is 0 Å². The zero-order valence-corrected chi connectivity index (χ0v) is 7.18. The van der Waals surface area contributed by atoms with E-state index in [-0.39, 0.29) is 5.92 Å². The Morgan fingerprint density at radius 3 is 1.90 bits per heavy atom. The van der Waals surface area contributed by atoms with Gasteiger partial charge in [-0.05, 0) is 19.9 Å². The highest BCUT2D eigenvalue weighted by atomic mass is 14.9. The second-order valence-corrected chi connectivity index (χ2v) is 2.98. The van der Waals surface area contributed by atoms with Gasteiger partial charge in [0, 0.05) is 6.04 Å². The average molecular weight is 140 g/mol. The Labute approximate surface area is 63.2 Å². The smallest absolute Gasteiger partial charge is 0.0674 e. The molecule has 0 radical (unpaired) electrons. The Hall–Kier alpha value is -0.550. The molecule has 0 spiro atoms. The first kappa shape index (κ1) is 9.45. The molecule has 0 bridgehead atoms. The topological polar surface area (TPSA) is 35.8 Å². The second-order valence-electron chi connectivity index (χ2n) is 2.98. The van der Waals surface area contributed by atoms with E-state index in [1.165, 1.54) is 0 Å². The molecule has 0 amide bonds. The summed E-state index contributed by atoms with van der Waals surface area (Å²) >= 11 is 0. The third-order valence-corrected chi connectivity index (χ3v) is 1.86. The molecule has 0 aliphatic rings. The summed E-state index contributed by atoms with van der Waals surface area (Å²) in [6, 6.07) is 2.59. The molecule has 0 aromatic rings. The lowest BCUT2D eigenvalue weighted by molar-refractivity contribution is 0.375. The van der Waals surface area contributed by atoms with Crippen molar-refractivity contribution in [3.05, 3.63) is 0 Å². The number of hydrogen-bond donors (Lipinski definition) is 1. The van der Waals surface area contributed by atoms with Crippen LogP contribution in [0.5, 0.6) is 0 Å². The predicted molar refractivity (Wildman–Crippen MR) is 42.5 cm³/mol. The highest BCUT2D eigenvalue weighted by molar-refractivity contribution is 4.91. The van der Waals surface area contributed by atoms with Gasteiger partial charge in [0.2, 0.25) is 0 Å². The number of nitriles is 1. The van der Waals surface area contributed by atoms with Crippen molar-refractivity contribution in [1.82, 2.24) is 5.32 Å². The molecule has 0 saturated carbocycles. The SMILES string of the molecule is CNC(C)C(C#N)C(C)C. The van der Waals surface area contributed by atoms with Gasteiger partial charge in [0.25, 0.3) is 0 Å². The summed E-state index contributed by atoms with van der Waals surface area (Å²) in [6.45, 7) is 6.18. The molecular weight excluding hydrogens is 124 g/mol. The maximum atomic E-state index is 8.71. The normalized spacial score (nSPS) is 16.4. The maximum absolute atomic E-state index is 8.71. The molecule has 0 aromatic carbocycles. The van der Waals surface area contributed by atoms with Crippen molar-refractivity contribution in [3.8, 4) is 6.07 Å². The lowest BCUT2D eigenvalue weighted by Crippen LogP contribution is -2.32. The Balaban J connectivity index is 3.96. The zero-order chi connectivity index (χ0) is 8.15. The molecule has 2 atom stereocenters. The van der Waals surface area contributed by atoms with Gasteiger partial charge in [-0.2, -0.15) is 5.26 Å². The minimum Gasteiger partial charge on any atom is -0.316 e. The van der Waals surface area contributed by atoms with Crippen LogP contribution in [-0.4, -0.2) is 13.1 Å². The number of hydrogen-bond acceptors (Lipinski definition) is 2. The quantitative estimate of drug-likeness (QED) is 0.643. The Bertz CT molecular complexity index is 124. The van der Waals surface area contributed by atoms with Crippen LogP contribution in [0.1, 0.15) is 20.8 Å². The van der Waals surface area contributed by atoms with E-state index in [2.05, 4.69) is 25.2 Å². The van der Waals surface area contributed by atoms with E-state index >= 15 is 0 Å². The van der Waals surface area contributed by atoms with Gasteiger partial charge < -0.3 is 5.32 Å². The van der Waals surface area contributed by atoms with E-state index in [0.717, 1.165) is 0 Å². The van der Waals surface area contributed by atoms with E-state index in [1.54, 1.807) is 0 Å². The van der Waals surface area contributed by atoms with Gasteiger partial charge >= 0.3 is 0 Å². The van der Waals surface area contributed by atoms with Crippen molar-refractivity contribution in [2.24, 2.45) is 11.8 Å². The first-order valence-electron chi connectivity index (χ1n) is 3.70. The van der Waals surface area contributed by atoms with Crippen LogP contribution in [0.25, 0.3) is 0 Å². The molecule has 0 aromatic heterocycles. The van der Waals surface area contributed by atoms with Crippen molar-refractivity contribution in [1.29, 1.82) is 5.26 Å². The van der Waals surface area contributed by atoms with Gasteiger partial charge in [-0.25, -0.2) is 0 Å². The number of rotatable bonds is 3. The molecule has 0 aliphatic carbocycles. The van der Waals surface area contributed by atoms with Crippen molar-refractivity contribution < 1.29 is 0 Å². The van der Waals surface area contributed by atoms with E-state index < -0.39 is 0 Å². The van der Waals surface area contributed by atoms with Gasteiger partial charge in [0.05, 0.1) is 12.0 Å². The minimum atomic E-state index is 0.130. The Morgan fingerprint density at radius 2 is 1.80 bits per heavy atom. The molecule has 0 heterocycles. The van der Waals surface area contributed by atoms with E-state index in [0.29, 0.717) is 12.0 Å². The lowest BCUT2D eigenvalue weighted by Gasteiger charge is -2.19. The third kappa shape index (κ3) is 2.36. The molecule has 0 fully saturated rings. The molecule has 1 N–H and O–H groups in total. The predicted octanol–water partition coefficient (Wildman–Crippen LogP) is 1.39. The van der Waals surface area contributed by atoms with E-state index in [1.807, 2.05) is 14.0 Å². The summed E-state index contributed by atoms with van der Waals surface area (Å²) in [5.74, 6) is 0.567. The highest BCUT2D eigenvalue weighted by Crippen LogP contribution is 2.13. The van der Waals surface area contributed by atoms with Crippen molar-refractivity contribution in [2.75, 3.05) is 7.05 Å². The lowest BCUT2D eigenvalue weighted by atomic mass is 9.91. The second kappa shape index (κ2) is 4.29. The van der Waals surface area contributed by atoms with Gasteiger partial charge in [-0.1, -0.05) is 13.8 Å². The van der Waals surface area contributed by atoms with Gasteiger partial charge in [-0.15, -0.1) is 0 Å². The number of nitrogens with zero attached hydrogens (tertiary/aromatic N) is 1. The molecule has 0 saturated heterocycles. The fraction of sp³-hybridized carbons (Fsp3) is 0.875. The molecule has 0 aliphatic heterocycles. The van der Waals surface area contributed by atoms with Crippen LogP contribution in [0.4, 0.5) is 0 Å². The summed E-state index contributed by atoms with van der Waals surface area (Å²) in [7, 11) is 1.89. The van der Waals surface area contributed by atoms with E-state index in [9.17, 15) is 0 Å². The van der Waals surface area contributed by atoms with Crippen LogP contribution in [0.3, 0.4) is 0 Å². The van der Waals surface area contributed by atoms with E-state index in [4.69, 9.17) is 5.26 Å². The third-order valence-electron chi connectivity index (χ3n) is 1.86. The minimum absolute atomic E-state index is 0.130. The van der Waals surface area contributed by atoms with Crippen LogP contribution in [0.15, 0.2) is 0 Å². The summed E-state index contributed by atoms with van der Waals surface area (Å²) in [6.07, 6.45) is 0. The molecule has 2 unspecified atom stereocenters. The number of nitrogens with one attached hydrogen (secondary N) is 1. The molecule has 2 heteroatoms. The van der Waals surface area contributed by atoms with Crippen LogP contribution in [0, 0.1) is 23.2 Å². The first-order valence-corrected chi connectivity index (χ1v) is 3.70. The summed E-state index contributed by atoms with van der Waals surface area (Å²) in [4.78, 5) is 0. The molecular formula is C8H16N2. The average Bonchev–Trinajstić information content (AvgIpc) is 1.88. The molecule has 2 nitrogen and oxygen atoms in total. The molecule has 0 rings (SSSR count). The van der Waals surface area contributed by atoms with Gasteiger partial charge in [-0.3, -0.25) is 0 Å². The monoisotopic (exact) mass is 140 g/mol. The van der Waals surface area contributed by atoms with Crippen molar-refractivity contribution in [2.45, 2.75) is 26.8 Å². The first-order chi connectivity index (χ1) is 4.63. The molecule has 10 heavy (non-hydrogen) atoms. The Kier molecular flexibility index (Phi) is 4.06. The van der Waals surface area contributed by atoms with Crippen LogP contribution in [-0.2, 0) is 0 Å². The summed E-state index contributed by atoms with van der Waals surface area (Å²) in [5, 5.41) is 11.8. The maximum Gasteiger partial charge on any atom is 0.0674 e. The van der Waals surface area contributed by atoms with Crippen LogP contribution in [0.2, 0.25) is 0 Å². The zero-order valence-electron chi connectivity index (χ0n) is 7.18. The Morgan fingerprint density at radius 1 is 1.30 bits per heavy atom. The highest BCUT2D eigenvalue weighted by Gasteiger charge is 2.17. The van der Waals surface area contributed by atoms with Gasteiger partial charge in [0.15, 0.2) is 0 Å². The molecule has 58 valence electrons. The van der Waals surface area contributed by atoms with Crippen LogP contribution < -0.4 is 5.32 Å². The fourth-order valence-electron chi connectivity index (χ4n) is 1.02. The largest absolute Gasteiger partial charge is 0.316 e. The van der Waals surface area contributed by atoms with Crippen molar-refractivity contribution in [3.63, 3.8) is 0 Å². The standard InChI is InChI=1S/C8H16N2/c1-6(2)8(5-9)7(3)10-4/h6-8,10H,1-4H3. The fourth-order valence-corrected chi connectivity index (χ4v) is 1.02. The summed E-state index contributed by atoms with van der Waals surface area (Å²) in [5.41, 5.74) is 0. The summed E-state index contributed by atoms with van der Waals surface area (Å²) < 4.78 is 0.